The van der Waals surface area contributed by atoms with Gasteiger partial charge < -0.3 is 5.11 Å². The topological polar surface area (TPSA) is 40.5 Å². The molecule has 3 rings (SSSR count). The lowest BCUT2D eigenvalue weighted by Gasteiger charge is -2.28. The van der Waals surface area contributed by atoms with Gasteiger partial charge in [0.2, 0.25) is 0 Å². The van der Waals surface area contributed by atoms with Gasteiger partial charge in [0.1, 0.15) is 0 Å². The number of aliphatic hydroxyl groups excluding tert-OH is 1. The third-order valence-corrected chi connectivity index (χ3v) is 5.62. The summed E-state index contributed by atoms with van der Waals surface area (Å²) >= 11 is 7.57. The smallest absolute Gasteiger partial charge is 0.177 e. The molecule has 1 fully saturated rings. The standard InChI is InChI=1S/C18H20ClNO2S.CH4/c1-12-16(17(22)11-20-8-6-15(21)7-9-20)10-18(23-12)13-2-4-14(19)5-3-13;/h2-5,10,15,21H,6-9,11H2,1H3;1H4. The molecule has 0 saturated carbocycles. The second-order valence-corrected chi connectivity index (χ2v) is 7.71. The highest BCUT2D eigenvalue weighted by molar-refractivity contribution is 7.15. The van der Waals surface area contributed by atoms with E-state index in [4.69, 9.17) is 11.6 Å². The fourth-order valence-electron chi connectivity index (χ4n) is 2.88. The molecule has 0 atom stereocenters. The average Bonchev–Trinajstić information content (AvgIpc) is 2.92. The second kappa shape index (κ2) is 8.26. The number of benzene rings is 1. The molecule has 2 aromatic rings. The van der Waals surface area contributed by atoms with E-state index in [0.29, 0.717) is 11.6 Å². The molecular weight excluding hydrogens is 342 g/mol. The molecule has 1 saturated heterocycles. The number of Topliss-reactive ketones (excluding diaryl/α,β-unsaturated/α-hetero) is 1. The van der Waals surface area contributed by atoms with Crippen LogP contribution in [0.25, 0.3) is 10.4 Å². The minimum Gasteiger partial charge on any atom is -0.393 e. The highest BCUT2D eigenvalue weighted by atomic mass is 35.5. The lowest BCUT2D eigenvalue weighted by molar-refractivity contribution is 0.0711. The minimum atomic E-state index is -0.208. The lowest BCUT2D eigenvalue weighted by Crippen LogP contribution is -2.39. The van der Waals surface area contributed by atoms with Crippen LogP contribution in [0.4, 0.5) is 0 Å². The summed E-state index contributed by atoms with van der Waals surface area (Å²) in [5, 5.41) is 10.3. The van der Waals surface area contributed by atoms with Crippen LogP contribution in [-0.2, 0) is 0 Å². The predicted octanol–water partition coefficient (Wildman–Crippen LogP) is 4.65. The third-order valence-electron chi connectivity index (χ3n) is 4.27. The van der Waals surface area contributed by atoms with Gasteiger partial charge in [0.15, 0.2) is 5.78 Å². The van der Waals surface area contributed by atoms with Crippen LogP contribution in [0.2, 0.25) is 5.02 Å². The van der Waals surface area contributed by atoms with E-state index in [0.717, 1.165) is 46.8 Å². The van der Waals surface area contributed by atoms with Crippen molar-refractivity contribution in [1.82, 2.24) is 4.90 Å². The molecular formula is C19H24ClNO2S. The van der Waals surface area contributed by atoms with Gasteiger partial charge in [-0.05, 0) is 43.5 Å². The number of likely N-dealkylation sites (tertiary alicyclic amines) is 1. The number of hydrogen-bond donors (Lipinski definition) is 1. The number of carbonyl (C=O) groups excluding carboxylic acids is 1. The highest BCUT2D eigenvalue weighted by Gasteiger charge is 2.21. The Labute approximate surface area is 152 Å². The zero-order chi connectivity index (χ0) is 16.4. The number of rotatable bonds is 4. The number of hydrogen-bond acceptors (Lipinski definition) is 4. The molecule has 0 amide bonds. The summed E-state index contributed by atoms with van der Waals surface area (Å²) in [5.74, 6) is 0.162. The number of carbonyl (C=O) groups is 1. The van der Waals surface area contributed by atoms with Gasteiger partial charge in [-0.2, -0.15) is 0 Å². The molecule has 5 heteroatoms. The normalized spacial score (nSPS) is 16.0. The van der Waals surface area contributed by atoms with Gasteiger partial charge >= 0.3 is 0 Å². The first-order valence-corrected chi connectivity index (χ1v) is 9.02. The Kier molecular flexibility index (Phi) is 6.58. The quantitative estimate of drug-likeness (QED) is 0.801. The maximum Gasteiger partial charge on any atom is 0.177 e. The molecule has 0 unspecified atom stereocenters. The number of thiophene rings is 1. The van der Waals surface area contributed by atoms with Crippen LogP contribution >= 0.6 is 22.9 Å². The molecule has 1 aromatic heterocycles. The summed E-state index contributed by atoms with van der Waals surface area (Å²) in [6, 6.07) is 9.69. The number of halogens is 1. The van der Waals surface area contributed by atoms with Crippen molar-refractivity contribution in [3.05, 3.63) is 45.8 Å². The van der Waals surface area contributed by atoms with Crippen molar-refractivity contribution in [3.63, 3.8) is 0 Å². The summed E-state index contributed by atoms with van der Waals surface area (Å²) in [4.78, 5) is 16.9. The van der Waals surface area contributed by atoms with Crippen LogP contribution < -0.4 is 0 Å². The molecule has 0 bridgehead atoms. The van der Waals surface area contributed by atoms with E-state index >= 15 is 0 Å². The van der Waals surface area contributed by atoms with E-state index < -0.39 is 0 Å². The van der Waals surface area contributed by atoms with Crippen molar-refractivity contribution in [2.45, 2.75) is 33.3 Å². The summed E-state index contributed by atoms with van der Waals surface area (Å²) < 4.78 is 0. The first kappa shape index (κ1) is 19.1. The van der Waals surface area contributed by atoms with Crippen molar-refractivity contribution in [3.8, 4) is 10.4 Å². The Balaban J connectivity index is 0.00000208. The van der Waals surface area contributed by atoms with Gasteiger partial charge in [0, 0.05) is 33.4 Å². The van der Waals surface area contributed by atoms with E-state index in [2.05, 4.69) is 4.90 Å². The first-order valence-electron chi connectivity index (χ1n) is 7.83. The lowest BCUT2D eigenvalue weighted by atomic mass is 10.1. The Morgan fingerprint density at radius 1 is 1.29 bits per heavy atom. The van der Waals surface area contributed by atoms with Crippen molar-refractivity contribution >= 4 is 28.7 Å². The van der Waals surface area contributed by atoms with E-state index in [1.807, 2.05) is 37.3 Å². The summed E-state index contributed by atoms with van der Waals surface area (Å²) in [7, 11) is 0. The summed E-state index contributed by atoms with van der Waals surface area (Å²) in [6.07, 6.45) is 1.30. The van der Waals surface area contributed by atoms with E-state index in [-0.39, 0.29) is 19.3 Å². The molecule has 130 valence electrons. The molecule has 3 nitrogen and oxygen atoms in total. The molecule has 1 aromatic carbocycles. The van der Waals surface area contributed by atoms with Gasteiger partial charge in [-0.15, -0.1) is 11.3 Å². The number of piperidine rings is 1. The number of aryl methyl sites for hydroxylation is 1. The Hall–Kier alpha value is -1.20. The summed E-state index contributed by atoms with van der Waals surface area (Å²) in [5.41, 5.74) is 1.90. The minimum absolute atomic E-state index is 0. The van der Waals surface area contributed by atoms with E-state index in [1.54, 1.807) is 11.3 Å². The number of nitrogens with zero attached hydrogens (tertiary/aromatic N) is 1. The Morgan fingerprint density at radius 2 is 1.92 bits per heavy atom. The van der Waals surface area contributed by atoms with E-state index in [9.17, 15) is 9.90 Å². The van der Waals surface area contributed by atoms with Crippen molar-refractivity contribution < 1.29 is 9.90 Å². The van der Waals surface area contributed by atoms with Crippen molar-refractivity contribution in [2.75, 3.05) is 19.6 Å². The van der Waals surface area contributed by atoms with Crippen LogP contribution in [0.5, 0.6) is 0 Å². The molecule has 1 N–H and O–H groups in total. The molecule has 1 aliphatic rings. The van der Waals surface area contributed by atoms with E-state index in [1.165, 1.54) is 0 Å². The van der Waals surface area contributed by atoms with Gasteiger partial charge in [-0.25, -0.2) is 0 Å². The molecule has 0 aliphatic carbocycles. The van der Waals surface area contributed by atoms with Gasteiger partial charge in [-0.1, -0.05) is 31.2 Å². The number of aliphatic hydroxyl groups is 1. The zero-order valence-corrected chi connectivity index (χ0v) is 14.7. The fourth-order valence-corrected chi connectivity index (χ4v) is 4.05. The fraction of sp³-hybridized carbons (Fsp3) is 0.421. The molecule has 0 spiro atoms. The van der Waals surface area contributed by atoms with Crippen LogP contribution in [0.1, 0.15) is 35.5 Å². The van der Waals surface area contributed by atoms with Gasteiger partial charge in [-0.3, -0.25) is 9.69 Å². The molecule has 0 radical (unpaired) electrons. The van der Waals surface area contributed by atoms with Crippen molar-refractivity contribution in [1.29, 1.82) is 0 Å². The van der Waals surface area contributed by atoms with Gasteiger partial charge in [0.25, 0.3) is 0 Å². The SMILES string of the molecule is C.Cc1sc(-c2ccc(Cl)cc2)cc1C(=O)CN1CCC(O)CC1. The van der Waals surface area contributed by atoms with Crippen LogP contribution in [0, 0.1) is 6.92 Å². The van der Waals surface area contributed by atoms with Crippen LogP contribution in [0.15, 0.2) is 30.3 Å². The van der Waals surface area contributed by atoms with Gasteiger partial charge in [0.05, 0.1) is 12.6 Å². The van der Waals surface area contributed by atoms with Crippen molar-refractivity contribution in [2.24, 2.45) is 0 Å². The molecule has 1 aliphatic heterocycles. The maximum absolute atomic E-state index is 12.6. The highest BCUT2D eigenvalue weighted by Crippen LogP contribution is 2.32. The monoisotopic (exact) mass is 365 g/mol. The van der Waals surface area contributed by atoms with Crippen LogP contribution in [-0.4, -0.2) is 41.5 Å². The van der Waals surface area contributed by atoms with Crippen LogP contribution in [0.3, 0.4) is 0 Å². The third kappa shape index (κ3) is 4.45. The first-order chi connectivity index (χ1) is 11.0. The molecule has 24 heavy (non-hydrogen) atoms. The second-order valence-electron chi connectivity index (χ2n) is 6.02. The zero-order valence-electron chi connectivity index (χ0n) is 13.1. The molecule has 2 heterocycles. The summed E-state index contributed by atoms with van der Waals surface area (Å²) in [6.45, 7) is 4.02. The Bertz CT molecular complexity index is 688. The maximum atomic E-state index is 12.6. The largest absolute Gasteiger partial charge is 0.393 e. The number of ketones is 1. The average molecular weight is 366 g/mol. The predicted molar refractivity (Wildman–Crippen MR) is 102 cm³/mol. The Morgan fingerprint density at radius 3 is 2.54 bits per heavy atom.